The second-order valence-electron chi connectivity index (χ2n) is 4.43. The van der Waals surface area contributed by atoms with Gasteiger partial charge in [0.25, 0.3) is 0 Å². The molecule has 0 bridgehead atoms. The Bertz CT molecular complexity index is 676. The Morgan fingerprint density at radius 2 is 2.00 bits per heavy atom. The van der Waals surface area contributed by atoms with E-state index in [1.165, 1.54) is 0 Å². The predicted octanol–water partition coefficient (Wildman–Crippen LogP) is 3.77. The SMILES string of the molecule is Clc1ccc2c(c1Cl)OCCC/C2=N\Nc1ncccn1. The first-order chi connectivity index (χ1) is 10.3. The van der Waals surface area contributed by atoms with Gasteiger partial charge in [0.15, 0.2) is 0 Å². The summed E-state index contributed by atoms with van der Waals surface area (Å²) in [7, 11) is 0. The van der Waals surface area contributed by atoms with E-state index in [-0.39, 0.29) is 0 Å². The number of nitrogens with zero attached hydrogens (tertiary/aromatic N) is 3. The van der Waals surface area contributed by atoms with Gasteiger partial charge in [0, 0.05) is 18.0 Å². The molecular weight excluding hydrogens is 311 g/mol. The molecule has 0 amide bonds. The number of anilines is 1. The molecule has 1 aromatic heterocycles. The highest BCUT2D eigenvalue weighted by molar-refractivity contribution is 6.43. The van der Waals surface area contributed by atoms with Crippen LogP contribution in [0, 0.1) is 0 Å². The molecule has 0 atom stereocenters. The number of hydrazone groups is 1. The molecule has 0 fully saturated rings. The van der Waals surface area contributed by atoms with Gasteiger partial charge in [-0.1, -0.05) is 23.2 Å². The van der Waals surface area contributed by atoms with Crippen molar-refractivity contribution in [1.82, 2.24) is 9.97 Å². The van der Waals surface area contributed by atoms with E-state index in [4.69, 9.17) is 27.9 Å². The summed E-state index contributed by atoms with van der Waals surface area (Å²) in [4.78, 5) is 8.13. The summed E-state index contributed by atoms with van der Waals surface area (Å²) in [6.45, 7) is 0.577. The molecule has 0 spiro atoms. The van der Waals surface area contributed by atoms with Crippen LogP contribution < -0.4 is 10.2 Å². The van der Waals surface area contributed by atoms with Crippen LogP contribution in [0.3, 0.4) is 0 Å². The highest BCUT2D eigenvalue weighted by atomic mass is 35.5. The van der Waals surface area contributed by atoms with Gasteiger partial charge in [0.2, 0.25) is 5.95 Å². The summed E-state index contributed by atoms with van der Waals surface area (Å²) in [5.41, 5.74) is 4.53. The van der Waals surface area contributed by atoms with Crippen LogP contribution >= 0.6 is 23.2 Å². The van der Waals surface area contributed by atoms with Crippen molar-refractivity contribution >= 4 is 34.9 Å². The topological polar surface area (TPSA) is 59.4 Å². The van der Waals surface area contributed by atoms with Crippen molar-refractivity contribution in [3.63, 3.8) is 0 Å². The number of hydrogen-bond donors (Lipinski definition) is 1. The molecule has 1 aromatic carbocycles. The van der Waals surface area contributed by atoms with Gasteiger partial charge in [-0.15, -0.1) is 0 Å². The van der Waals surface area contributed by atoms with Gasteiger partial charge < -0.3 is 4.74 Å². The molecule has 0 aliphatic carbocycles. The molecule has 2 aromatic rings. The Morgan fingerprint density at radius 3 is 2.81 bits per heavy atom. The van der Waals surface area contributed by atoms with Gasteiger partial charge in [-0.2, -0.15) is 5.10 Å². The Morgan fingerprint density at radius 1 is 1.19 bits per heavy atom. The lowest BCUT2D eigenvalue weighted by molar-refractivity contribution is 0.318. The average Bonchev–Trinajstić information content (AvgIpc) is 2.72. The third-order valence-electron chi connectivity index (χ3n) is 3.02. The van der Waals surface area contributed by atoms with Crippen LogP contribution in [-0.2, 0) is 0 Å². The van der Waals surface area contributed by atoms with E-state index in [1.54, 1.807) is 24.5 Å². The number of rotatable bonds is 2. The van der Waals surface area contributed by atoms with E-state index in [2.05, 4.69) is 20.5 Å². The van der Waals surface area contributed by atoms with Crippen LogP contribution in [0.1, 0.15) is 18.4 Å². The minimum atomic E-state index is 0.416. The van der Waals surface area contributed by atoms with E-state index >= 15 is 0 Å². The van der Waals surface area contributed by atoms with Crippen molar-refractivity contribution in [3.05, 3.63) is 46.2 Å². The molecule has 21 heavy (non-hydrogen) atoms. The van der Waals surface area contributed by atoms with Crippen molar-refractivity contribution in [2.75, 3.05) is 12.0 Å². The van der Waals surface area contributed by atoms with Gasteiger partial charge in [-0.05, 0) is 31.0 Å². The maximum absolute atomic E-state index is 6.21. The predicted molar refractivity (Wildman–Crippen MR) is 83.4 cm³/mol. The summed E-state index contributed by atoms with van der Waals surface area (Å²) < 4.78 is 5.69. The van der Waals surface area contributed by atoms with Crippen molar-refractivity contribution in [3.8, 4) is 5.75 Å². The number of fused-ring (bicyclic) bond motifs is 1. The second kappa shape index (κ2) is 6.28. The van der Waals surface area contributed by atoms with E-state index in [0.29, 0.717) is 28.3 Å². The number of halogens is 2. The summed E-state index contributed by atoms with van der Waals surface area (Å²) in [5, 5.41) is 5.27. The summed E-state index contributed by atoms with van der Waals surface area (Å²) in [6.07, 6.45) is 4.91. The molecule has 1 aliphatic heterocycles. The zero-order valence-corrected chi connectivity index (χ0v) is 12.5. The smallest absolute Gasteiger partial charge is 0.243 e. The summed E-state index contributed by atoms with van der Waals surface area (Å²) >= 11 is 12.2. The lowest BCUT2D eigenvalue weighted by atomic mass is 10.1. The maximum atomic E-state index is 6.21. The second-order valence-corrected chi connectivity index (χ2v) is 5.22. The maximum Gasteiger partial charge on any atom is 0.243 e. The lowest BCUT2D eigenvalue weighted by Crippen LogP contribution is -2.05. The van der Waals surface area contributed by atoms with Crippen LogP contribution in [0.2, 0.25) is 10.0 Å². The number of nitrogens with one attached hydrogen (secondary N) is 1. The fraction of sp³-hybridized carbons (Fsp3) is 0.214. The third kappa shape index (κ3) is 3.09. The summed E-state index contributed by atoms with van der Waals surface area (Å²) in [5.74, 6) is 1.02. The number of benzene rings is 1. The Labute approximate surface area is 132 Å². The molecule has 108 valence electrons. The minimum absolute atomic E-state index is 0.416. The van der Waals surface area contributed by atoms with Gasteiger partial charge in [0.1, 0.15) is 10.8 Å². The quantitative estimate of drug-likeness (QED) is 0.855. The van der Waals surface area contributed by atoms with Crippen LogP contribution in [0.4, 0.5) is 5.95 Å². The van der Waals surface area contributed by atoms with Gasteiger partial charge in [-0.25, -0.2) is 15.4 Å². The molecule has 1 aliphatic rings. The van der Waals surface area contributed by atoms with Gasteiger partial charge in [0.05, 0.1) is 17.3 Å². The molecule has 7 heteroatoms. The fourth-order valence-corrected chi connectivity index (χ4v) is 2.41. The molecule has 0 saturated carbocycles. The van der Waals surface area contributed by atoms with Crippen LogP contribution in [0.15, 0.2) is 35.7 Å². The third-order valence-corrected chi connectivity index (χ3v) is 3.81. The Kier molecular flexibility index (Phi) is 4.22. The molecule has 1 N–H and O–H groups in total. The number of ether oxygens (including phenoxy) is 1. The van der Waals surface area contributed by atoms with Crippen LogP contribution in [0.25, 0.3) is 0 Å². The van der Waals surface area contributed by atoms with E-state index in [1.807, 2.05) is 6.07 Å². The molecule has 0 unspecified atom stereocenters. The molecule has 0 radical (unpaired) electrons. The largest absolute Gasteiger partial charge is 0.491 e. The minimum Gasteiger partial charge on any atom is -0.491 e. The highest BCUT2D eigenvalue weighted by Crippen LogP contribution is 2.37. The average molecular weight is 323 g/mol. The van der Waals surface area contributed by atoms with Crippen LogP contribution in [0.5, 0.6) is 5.75 Å². The van der Waals surface area contributed by atoms with Crippen molar-refractivity contribution < 1.29 is 4.74 Å². The van der Waals surface area contributed by atoms with E-state index in [9.17, 15) is 0 Å². The zero-order valence-electron chi connectivity index (χ0n) is 11.0. The number of hydrogen-bond acceptors (Lipinski definition) is 5. The molecule has 2 heterocycles. The van der Waals surface area contributed by atoms with Crippen molar-refractivity contribution in [2.45, 2.75) is 12.8 Å². The molecule has 5 nitrogen and oxygen atoms in total. The highest BCUT2D eigenvalue weighted by Gasteiger charge is 2.19. The van der Waals surface area contributed by atoms with Crippen molar-refractivity contribution in [1.29, 1.82) is 0 Å². The molecular formula is C14H12Cl2N4O. The first-order valence-electron chi connectivity index (χ1n) is 6.46. The first-order valence-corrected chi connectivity index (χ1v) is 7.22. The summed E-state index contributed by atoms with van der Waals surface area (Å²) in [6, 6.07) is 5.35. The zero-order chi connectivity index (χ0) is 14.7. The van der Waals surface area contributed by atoms with E-state index < -0.39 is 0 Å². The van der Waals surface area contributed by atoms with Crippen LogP contribution in [-0.4, -0.2) is 22.3 Å². The monoisotopic (exact) mass is 322 g/mol. The van der Waals surface area contributed by atoms with Gasteiger partial charge >= 0.3 is 0 Å². The standard InChI is InChI=1S/C14H12Cl2N4O/c15-10-5-4-9-11(3-1-8-21-13(9)12(10)16)19-20-14-17-6-2-7-18-14/h2,4-7H,1,3,8H2,(H,17,18,20)/b19-11+. The van der Waals surface area contributed by atoms with Crippen molar-refractivity contribution in [2.24, 2.45) is 5.10 Å². The molecule has 0 saturated heterocycles. The first kappa shape index (κ1) is 14.1. The van der Waals surface area contributed by atoms with E-state index in [0.717, 1.165) is 24.1 Å². The molecule has 3 rings (SSSR count). The Hall–Kier alpha value is -1.85. The lowest BCUT2D eigenvalue weighted by Gasteiger charge is -2.11. The number of aromatic nitrogens is 2. The fourth-order valence-electron chi connectivity index (χ4n) is 2.04. The normalized spacial score (nSPS) is 16.0. The Balaban J connectivity index is 1.95. The van der Waals surface area contributed by atoms with Gasteiger partial charge in [-0.3, -0.25) is 0 Å².